The number of carboxylic acids is 1. The fourth-order valence-corrected chi connectivity index (χ4v) is 7.87. The molecule has 2 aliphatic rings. The lowest BCUT2D eigenvalue weighted by Gasteiger charge is -2.51. The molecule has 3 aromatic rings. The normalized spacial score (nSPS) is 21.1. The topological polar surface area (TPSA) is 100 Å². The van der Waals surface area contributed by atoms with E-state index in [1.54, 1.807) is 25.1 Å². The smallest absolute Gasteiger partial charge is 0.425 e. The predicted octanol–water partition coefficient (Wildman–Crippen LogP) is 8.44. The minimum atomic E-state index is -4.92. The largest absolute Gasteiger partial charge is 0.481 e. The summed E-state index contributed by atoms with van der Waals surface area (Å²) in [6.45, 7) is 1.80. The number of carbonyl (C=O) groups is 3. The van der Waals surface area contributed by atoms with Crippen molar-refractivity contribution in [3.8, 4) is 5.75 Å². The summed E-state index contributed by atoms with van der Waals surface area (Å²) in [7, 11) is 0. The second-order valence-corrected chi connectivity index (χ2v) is 13.7. The van der Waals surface area contributed by atoms with Crippen LogP contribution in [-0.2, 0) is 28.4 Å². The predicted molar refractivity (Wildman–Crippen MR) is 172 cm³/mol. The molecule has 0 spiro atoms. The van der Waals surface area contributed by atoms with Crippen LogP contribution in [0.5, 0.6) is 5.75 Å². The molecule has 8 nitrogen and oxygen atoms in total. The molecule has 1 fully saturated rings. The monoisotopic (exact) mass is 745 g/mol. The molecule has 50 heavy (non-hydrogen) atoms. The summed E-state index contributed by atoms with van der Waals surface area (Å²) in [6.07, 6.45) is -7.61. The summed E-state index contributed by atoms with van der Waals surface area (Å²) in [5, 5.41) is 10.9. The van der Waals surface area contributed by atoms with Gasteiger partial charge in [-0.15, -0.1) is 11.3 Å². The summed E-state index contributed by atoms with van der Waals surface area (Å²) >= 11 is 6.62. The van der Waals surface area contributed by atoms with Crippen molar-refractivity contribution < 1.29 is 50.6 Å². The zero-order valence-corrected chi connectivity index (χ0v) is 28.4. The Morgan fingerprint density at radius 1 is 1.06 bits per heavy atom. The number of amides is 2. The summed E-state index contributed by atoms with van der Waals surface area (Å²) in [4.78, 5) is 46.1. The first kappa shape index (κ1) is 37.4. The van der Waals surface area contributed by atoms with E-state index < -0.39 is 64.0 Å². The molecule has 0 saturated carbocycles. The van der Waals surface area contributed by atoms with Crippen LogP contribution >= 0.6 is 22.9 Å². The molecule has 0 radical (unpaired) electrons. The highest BCUT2D eigenvalue weighted by Crippen LogP contribution is 2.45. The number of fused-ring (bicyclic) bond motifs is 1. The minimum absolute atomic E-state index is 0.0579. The number of ether oxygens (including phenoxy) is 1. The van der Waals surface area contributed by atoms with Crippen LogP contribution < -0.4 is 4.74 Å². The van der Waals surface area contributed by atoms with Gasteiger partial charge in [0.15, 0.2) is 0 Å². The van der Waals surface area contributed by atoms with Crippen molar-refractivity contribution in [2.45, 2.75) is 88.3 Å². The number of carbonyl (C=O) groups excluding carboxylic acids is 2. The first-order valence-corrected chi connectivity index (χ1v) is 17.3. The number of nitrogens with zero attached hydrogens (tertiary/aromatic N) is 3. The highest BCUT2D eigenvalue weighted by molar-refractivity contribution is 7.10. The van der Waals surface area contributed by atoms with Crippen LogP contribution in [0.25, 0.3) is 0 Å². The Bertz CT molecular complexity index is 1730. The van der Waals surface area contributed by atoms with Gasteiger partial charge < -0.3 is 19.6 Å². The Hall–Kier alpha value is -3.85. The number of aliphatic carboxylic acids is 1. The van der Waals surface area contributed by atoms with E-state index >= 15 is 4.79 Å². The van der Waals surface area contributed by atoms with Gasteiger partial charge in [0.25, 0.3) is 11.8 Å². The van der Waals surface area contributed by atoms with E-state index in [9.17, 15) is 41.0 Å². The summed E-state index contributed by atoms with van der Waals surface area (Å²) in [6, 6.07) is 5.80. The summed E-state index contributed by atoms with van der Waals surface area (Å²) < 4.78 is 89.5. The molecule has 3 atom stereocenters. The van der Waals surface area contributed by atoms with Crippen LogP contribution in [0, 0.1) is 0 Å². The Labute approximate surface area is 293 Å². The van der Waals surface area contributed by atoms with Crippen LogP contribution in [0.4, 0.5) is 26.3 Å². The number of hydrogen-bond donors (Lipinski definition) is 1. The van der Waals surface area contributed by atoms with Gasteiger partial charge >= 0.3 is 18.3 Å². The molecule has 5 rings (SSSR count). The second-order valence-electron chi connectivity index (χ2n) is 12.3. The number of thiophene rings is 1. The number of alkyl halides is 6. The molecule has 2 aromatic heterocycles. The second kappa shape index (κ2) is 14.8. The standard InChI is InChI=1S/C34H34ClF6N3O5S/c1-2-6-26-32(49-22-18-27(50-19-22)34(39,40)41,13-5-15-44(26)30(47)29-24(33(36,37)38)7-4-14-42-29)31(48)43-16-12-20-17-21(35)10-11-23(20)25(43)8-3-9-28(45)46/h4,7,10-11,14,17-19,25-26H,2-3,5-6,8-9,12-13,15-16H2,1H3,(H,45,46)/t25?,26-,32+/m1/s1. The number of aromatic nitrogens is 1. The maximum Gasteiger partial charge on any atom is 0.425 e. The van der Waals surface area contributed by atoms with E-state index in [2.05, 4.69) is 4.98 Å². The first-order chi connectivity index (χ1) is 23.6. The molecule has 1 aromatic carbocycles. The third-order valence-electron chi connectivity index (χ3n) is 9.11. The first-order valence-electron chi connectivity index (χ1n) is 16.1. The van der Waals surface area contributed by atoms with Crippen LogP contribution in [0.1, 0.15) is 90.0 Å². The maximum atomic E-state index is 15.2. The Kier molecular flexibility index (Phi) is 11.1. The van der Waals surface area contributed by atoms with Gasteiger partial charge in [-0.05, 0) is 67.5 Å². The van der Waals surface area contributed by atoms with Crippen molar-refractivity contribution in [2.24, 2.45) is 0 Å². The molecule has 0 bridgehead atoms. The number of hydrogen-bond acceptors (Lipinski definition) is 6. The van der Waals surface area contributed by atoms with Gasteiger partial charge in [-0.1, -0.05) is 31.0 Å². The zero-order chi connectivity index (χ0) is 36.4. The van der Waals surface area contributed by atoms with Gasteiger partial charge in [0.1, 0.15) is 16.3 Å². The number of benzene rings is 1. The molecule has 1 unspecified atom stereocenters. The van der Waals surface area contributed by atoms with E-state index in [1.807, 2.05) is 0 Å². The van der Waals surface area contributed by atoms with Gasteiger partial charge in [-0.2, -0.15) is 26.3 Å². The van der Waals surface area contributed by atoms with E-state index in [4.69, 9.17) is 16.3 Å². The lowest BCUT2D eigenvalue weighted by Crippen LogP contribution is -2.68. The average Bonchev–Trinajstić information content (AvgIpc) is 3.53. The van der Waals surface area contributed by atoms with Crippen LogP contribution in [0.15, 0.2) is 48.0 Å². The lowest BCUT2D eigenvalue weighted by atomic mass is 9.78. The number of piperidine rings is 1. The van der Waals surface area contributed by atoms with Crippen molar-refractivity contribution >= 4 is 40.7 Å². The van der Waals surface area contributed by atoms with Crippen LogP contribution in [0.3, 0.4) is 0 Å². The molecule has 270 valence electrons. The van der Waals surface area contributed by atoms with Gasteiger partial charge in [-0.3, -0.25) is 19.4 Å². The van der Waals surface area contributed by atoms with Crippen molar-refractivity contribution in [1.29, 1.82) is 0 Å². The van der Waals surface area contributed by atoms with Gasteiger partial charge in [0.05, 0.1) is 17.6 Å². The zero-order valence-electron chi connectivity index (χ0n) is 26.8. The molecule has 2 aliphatic heterocycles. The van der Waals surface area contributed by atoms with E-state index in [0.717, 1.165) is 40.2 Å². The number of halogens is 7. The average molecular weight is 746 g/mol. The van der Waals surface area contributed by atoms with Gasteiger partial charge in [0, 0.05) is 48.6 Å². The number of likely N-dealkylation sites (tertiary alicyclic amines) is 1. The molecule has 0 aliphatic carbocycles. The van der Waals surface area contributed by atoms with Crippen LogP contribution in [-0.4, -0.2) is 62.4 Å². The Balaban J connectivity index is 1.64. The summed E-state index contributed by atoms with van der Waals surface area (Å²) in [5.74, 6) is -3.06. The SMILES string of the molecule is CCC[C@H]1N(C(=O)c2ncccc2C(F)(F)F)CCC[C@@]1(Oc1csc(C(F)(F)F)c1)C(=O)N1CCc2cc(Cl)ccc2C1CCCC(=O)O. The highest BCUT2D eigenvalue weighted by atomic mass is 35.5. The van der Waals surface area contributed by atoms with E-state index in [1.165, 1.54) is 4.90 Å². The molecule has 1 saturated heterocycles. The number of rotatable bonds is 10. The molecular weight excluding hydrogens is 712 g/mol. The van der Waals surface area contributed by atoms with Crippen LogP contribution in [0.2, 0.25) is 5.02 Å². The summed E-state index contributed by atoms with van der Waals surface area (Å²) in [5.41, 5.74) is -2.60. The molecule has 4 heterocycles. The quantitative estimate of drug-likeness (QED) is 0.209. The fourth-order valence-electron chi connectivity index (χ4n) is 7.00. The Morgan fingerprint density at radius 2 is 1.82 bits per heavy atom. The lowest BCUT2D eigenvalue weighted by molar-refractivity contribution is -0.162. The van der Waals surface area contributed by atoms with E-state index in [0.29, 0.717) is 34.8 Å². The maximum absolute atomic E-state index is 15.2. The fraction of sp³-hybridized carbons (Fsp3) is 0.471. The number of pyridine rings is 1. The molecule has 16 heteroatoms. The highest BCUT2D eigenvalue weighted by Gasteiger charge is 2.57. The molecule has 1 N–H and O–H groups in total. The van der Waals surface area contributed by atoms with Crippen molar-refractivity contribution in [2.75, 3.05) is 13.1 Å². The number of carboxylic acid groups (broad SMARTS) is 1. The minimum Gasteiger partial charge on any atom is -0.481 e. The molecule has 2 amide bonds. The Morgan fingerprint density at radius 3 is 2.48 bits per heavy atom. The van der Waals surface area contributed by atoms with Gasteiger partial charge in [-0.25, -0.2) is 0 Å². The molecular formula is C34H34ClF6N3O5S. The van der Waals surface area contributed by atoms with Crippen molar-refractivity contribution in [3.05, 3.63) is 80.3 Å². The third-order valence-corrected chi connectivity index (χ3v) is 10.3. The van der Waals surface area contributed by atoms with Crippen molar-refractivity contribution in [3.63, 3.8) is 0 Å². The van der Waals surface area contributed by atoms with Crippen molar-refractivity contribution in [1.82, 2.24) is 14.8 Å². The third kappa shape index (κ3) is 7.73. The van der Waals surface area contributed by atoms with E-state index in [-0.39, 0.29) is 57.4 Å². The van der Waals surface area contributed by atoms with Gasteiger partial charge in [0.2, 0.25) is 5.60 Å².